The second-order valence-electron chi connectivity index (χ2n) is 5.10. The first kappa shape index (κ1) is 20.0. The minimum atomic E-state index is -3.66. The average Bonchev–Trinajstić information content (AvgIpc) is 2.53. The van der Waals surface area contributed by atoms with Gasteiger partial charge in [-0.25, -0.2) is 21.6 Å². The van der Waals surface area contributed by atoms with Crippen LogP contribution in [0, 0.1) is 0 Å². The van der Waals surface area contributed by atoms with E-state index in [2.05, 4.69) is 10.0 Å². The van der Waals surface area contributed by atoms with Crippen molar-refractivity contribution in [2.45, 2.75) is 36.6 Å². The Morgan fingerprint density at radius 2 is 1.48 bits per heavy atom. The predicted octanol–water partition coefficient (Wildman–Crippen LogP) is 0.603. The monoisotopic (exact) mass is 363 g/mol. The Labute approximate surface area is 139 Å². The second kappa shape index (κ2) is 8.20. The standard InChI is InChI=1S/C14H25N3O4S2/c1-5-17(6-2)23(20,21)14-9-7-13(8-10-14)22(18,19)16-11-12(3)15-4/h7-10,12,15-16H,5-6,11H2,1-4H3. The number of benzene rings is 1. The van der Waals surface area contributed by atoms with E-state index in [0.717, 1.165) is 0 Å². The van der Waals surface area contributed by atoms with E-state index in [0.29, 0.717) is 13.1 Å². The van der Waals surface area contributed by atoms with E-state index in [1.165, 1.54) is 28.6 Å². The molecule has 0 bridgehead atoms. The summed E-state index contributed by atoms with van der Waals surface area (Å²) in [7, 11) is -5.50. The molecular weight excluding hydrogens is 338 g/mol. The van der Waals surface area contributed by atoms with Crippen LogP contribution in [-0.4, -0.2) is 53.9 Å². The summed E-state index contributed by atoms with van der Waals surface area (Å²) in [6, 6.07) is 5.26. The van der Waals surface area contributed by atoms with Gasteiger partial charge in [0.15, 0.2) is 0 Å². The molecule has 1 rings (SSSR count). The molecule has 1 aromatic rings. The molecule has 0 radical (unpaired) electrons. The van der Waals surface area contributed by atoms with E-state index >= 15 is 0 Å². The van der Waals surface area contributed by atoms with Gasteiger partial charge >= 0.3 is 0 Å². The van der Waals surface area contributed by atoms with E-state index in [1.54, 1.807) is 20.9 Å². The predicted molar refractivity (Wildman–Crippen MR) is 90.3 cm³/mol. The summed E-state index contributed by atoms with van der Waals surface area (Å²) < 4.78 is 52.8. The number of hydrogen-bond donors (Lipinski definition) is 2. The van der Waals surface area contributed by atoms with Crippen LogP contribution in [0.2, 0.25) is 0 Å². The molecule has 0 saturated heterocycles. The van der Waals surface area contributed by atoms with E-state index in [4.69, 9.17) is 0 Å². The van der Waals surface area contributed by atoms with Crippen molar-refractivity contribution >= 4 is 20.0 Å². The summed E-state index contributed by atoms with van der Waals surface area (Å²) in [6.07, 6.45) is 0. The SMILES string of the molecule is CCN(CC)S(=O)(=O)c1ccc(S(=O)(=O)NCC(C)NC)cc1. The average molecular weight is 364 g/mol. The van der Waals surface area contributed by atoms with Crippen LogP contribution in [0.4, 0.5) is 0 Å². The Balaban J connectivity index is 3.00. The molecule has 0 aliphatic carbocycles. The maximum absolute atomic E-state index is 12.4. The van der Waals surface area contributed by atoms with Crippen LogP contribution in [0.15, 0.2) is 34.1 Å². The van der Waals surface area contributed by atoms with Gasteiger partial charge in [-0.05, 0) is 38.2 Å². The summed E-state index contributed by atoms with van der Waals surface area (Å²) in [6.45, 7) is 6.34. The molecule has 9 heteroatoms. The molecule has 7 nitrogen and oxygen atoms in total. The molecule has 0 saturated carbocycles. The molecule has 1 aromatic carbocycles. The molecule has 0 heterocycles. The van der Waals surface area contributed by atoms with Gasteiger partial charge in [0.25, 0.3) is 0 Å². The van der Waals surface area contributed by atoms with Crippen LogP contribution in [0.25, 0.3) is 0 Å². The van der Waals surface area contributed by atoms with Gasteiger partial charge in [0.2, 0.25) is 20.0 Å². The van der Waals surface area contributed by atoms with E-state index < -0.39 is 20.0 Å². The van der Waals surface area contributed by atoms with Crippen molar-refractivity contribution in [3.8, 4) is 0 Å². The van der Waals surface area contributed by atoms with Gasteiger partial charge in [-0.1, -0.05) is 13.8 Å². The molecule has 0 amide bonds. The Bertz CT molecular complexity index is 696. The van der Waals surface area contributed by atoms with Crippen molar-refractivity contribution in [1.82, 2.24) is 14.3 Å². The highest BCUT2D eigenvalue weighted by atomic mass is 32.2. The Hall–Kier alpha value is -1.00. The Kier molecular flexibility index (Phi) is 7.15. The first-order valence-corrected chi connectivity index (χ1v) is 10.4. The lowest BCUT2D eigenvalue weighted by Crippen LogP contribution is -2.37. The highest BCUT2D eigenvalue weighted by Gasteiger charge is 2.22. The van der Waals surface area contributed by atoms with Crippen LogP contribution in [0.3, 0.4) is 0 Å². The van der Waals surface area contributed by atoms with Crippen molar-refractivity contribution < 1.29 is 16.8 Å². The fraction of sp³-hybridized carbons (Fsp3) is 0.571. The topological polar surface area (TPSA) is 95.6 Å². The second-order valence-corrected chi connectivity index (χ2v) is 8.81. The first-order valence-electron chi connectivity index (χ1n) is 7.46. The molecule has 2 N–H and O–H groups in total. The highest BCUT2D eigenvalue weighted by molar-refractivity contribution is 7.89. The summed E-state index contributed by atoms with van der Waals surface area (Å²) in [5.41, 5.74) is 0. The van der Waals surface area contributed by atoms with Gasteiger partial charge in [-0.3, -0.25) is 0 Å². The lowest BCUT2D eigenvalue weighted by Gasteiger charge is -2.18. The van der Waals surface area contributed by atoms with Gasteiger partial charge < -0.3 is 5.32 Å². The van der Waals surface area contributed by atoms with Gasteiger partial charge in [0, 0.05) is 25.7 Å². The molecule has 0 fully saturated rings. The van der Waals surface area contributed by atoms with Crippen molar-refractivity contribution in [2.24, 2.45) is 0 Å². The summed E-state index contributed by atoms with van der Waals surface area (Å²) >= 11 is 0. The van der Waals surface area contributed by atoms with Crippen LogP contribution < -0.4 is 10.0 Å². The number of likely N-dealkylation sites (N-methyl/N-ethyl adjacent to an activating group) is 1. The van der Waals surface area contributed by atoms with Crippen LogP contribution in [0.5, 0.6) is 0 Å². The Morgan fingerprint density at radius 1 is 1.00 bits per heavy atom. The molecule has 1 atom stereocenters. The number of nitrogens with one attached hydrogen (secondary N) is 2. The van der Waals surface area contributed by atoms with Crippen molar-refractivity contribution in [2.75, 3.05) is 26.7 Å². The van der Waals surface area contributed by atoms with Crippen molar-refractivity contribution in [1.29, 1.82) is 0 Å². The van der Waals surface area contributed by atoms with Gasteiger partial charge in [-0.15, -0.1) is 0 Å². The third-order valence-electron chi connectivity index (χ3n) is 3.55. The zero-order valence-electron chi connectivity index (χ0n) is 13.9. The Morgan fingerprint density at radius 3 is 1.91 bits per heavy atom. The molecule has 1 unspecified atom stereocenters. The fourth-order valence-corrected chi connectivity index (χ4v) is 4.51. The van der Waals surface area contributed by atoms with Crippen LogP contribution in [-0.2, 0) is 20.0 Å². The van der Waals surface area contributed by atoms with Crippen LogP contribution >= 0.6 is 0 Å². The molecule has 132 valence electrons. The number of hydrogen-bond acceptors (Lipinski definition) is 5. The fourth-order valence-electron chi connectivity index (χ4n) is 1.92. The lowest BCUT2D eigenvalue weighted by atomic mass is 10.4. The normalized spacial score (nSPS) is 14.1. The van der Waals surface area contributed by atoms with Gasteiger partial charge in [-0.2, -0.15) is 4.31 Å². The largest absolute Gasteiger partial charge is 0.316 e. The van der Waals surface area contributed by atoms with Gasteiger partial charge in [0.1, 0.15) is 0 Å². The highest BCUT2D eigenvalue weighted by Crippen LogP contribution is 2.18. The zero-order chi connectivity index (χ0) is 17.7. The molecule has 0 aliphatic rings. The van der Waals surface area contributed by atoms with Crippen molar-refractivity contribution in [3.05, 3.63) is 24.3 Å². The van der Waals surface area contributed by atoms with Crippen molar-refractivity contribution in [3.63, 3.8) is 0 Å². The van der Waals surface area contributed by atoms with E-state index in [1.807, 2.05) is 6.92 Å². The number of nitrogens with zero attached hydrogens (tertiary/aromatic N) is 1. The lowest BCUT2D eigenvalue weighted by molar-refractivity contribution is 0.445. The maximum Gasteiger partial charge on any atom is 0.243 e. The molecular formula is C14H25N3O4S2. The smallest absolute Gasteiger partial charge is 0.243 e. The summed E-state index contributed by atoms with van der Waals surface area (Å²) in [5.74, 6) is 0. The zero-order valence-corrected chi connectivity index (χ0v) is 15.5. The third kappa shape index (κ3) is 4.98. The maximum atomic E-state index is 12.4. The van der Waals surface area contributed by atoms with Gasteiger partial charge in [0.05, 0.1) is 9.79 Å². The number of sulfonamides is 2. The van der Waals surface area contributed by atoms with E-state index in [-0.39, 0.29) is 22.4 Å². The van der Waals surface area contributed by atoms with Crippen LogP contribution in [0.1, 0.15) is 20.8 Å². The first-order chi connectivity index (χ1) is 10.7. The third-order valence-corrected chi connectivity index (χ3v) is 7.05. The minimum absolute atomic E-state index is 0.00732. The summed E-state index contributed by atoms with van der Waals surface area (Å²) in [4.78, 5) is 0.128. The minimum Gasteiger partial charge on any atom is -0.316 e. The molecule has 0 aromatic heterocycles. The van der Waals surface area contributed by atoms with E-state index in [9.17, 15) is 16.8 Å². The molecule has 0 spiro atoms. The molecule has 0 aliphatic heterocycles. The quantitative estimate of drug-likeness (QED) is 0.670. The number of rotatable bonds is 9. The summed E-state index contributed by atoms with van der Waals surface area (Å²) in [5, 5.41) is 2.93. The molecule has 23 heavy (non-hydrogen) atoms.